The molecule has 0 saturated carbocycles. The molecule has 15 heavy (non-hydrogen) atoms. The maximum absolute atomic E-state index is 5.28. The average molecular weight is 203 g/mol. The second-order valence-corrected chi connectivity index (χ2v) is 4.19. The number of ether oxygens (including phenoxy) is 1. The van der Waals surface area contributed by atoms with Crippen molar-refractivity contribution in [1.82, 2.24) is 4.98 Å². The molecule has 0 radical (unpaired) electrons. The Labute approximate surface area is 91.0 Å². The standard InChI is InChI=1S/C13H17NO/c1-10(2)12-3-4-13(14-9-12)11-5-7-15-8-6-11/h3-5,9-10H,6-8H2,1-2H3. The first-order chi connectivity index (χ1) is 7.27. The van der Waals surface area contributed by atoms with E-state index in [1.807, 2.05) is 6.20 Å². The monoisotopic (exact) mass is 203 g/mol. The highest BCUT2D eigenvalue weighted by Crippen LogP contribution is 2.21. The highest BCUT2D eigenvalue weighted by Gasteiger charge is 2.07. The number of hydrogen-bond acceptors (Lipinski definition) is 2. The predicted octanol–water partition coefficient (Wildman–Crippen LogP) is 3.01. The summed E-state index contributed by atoms with van der Waals surface area (Å²) in [6, 6.07) is 4.29. The molecule has 0 amide bonds. The normalized spacial score (nSPS) is 16.6. The van der Waals surface area contributed by atoms with Crippen LogP contribution in [0.3, 0.4) is 0 Å². The minimum atomic E-state index is 0.551. The van der Waals surface area contributed by atoms with E-state index in [1.54, 1.807) is 0 Å². The van der Waals surface area contributed by atoms with Crippen molar-refractivity contribution in [2.75, 3.05) is 13.2 Å². The zero-order valence-electron chi connectivity index (χ0n) is 9.36. The van der Waals surface area contributed by atoms with Gasteiger partial charge in [0.25, 0.3) is 0 Å². The molecule has 0 unspecified atom stereocenters. The molecule has 0 fully saturated rings. The predicted molar refractivity (Wildman–Crippen MR) is 61.7 cm³/mol. The first-order valence-electron chi connectivity index (χ1n) is 5.50. The van der Waals surface area contributed by atoms with E-state index in [0.717, 1.165) is 25.3 Å². The van der Waals surface area contributed by atoms with Gasteiger partial charge in [0.15, 0.2) is 0 Å². The first-order valence-corrected chi connectivity index (χ1v) is 5.50. The Bertz CT molecular complexity index is 351. The third-order valence-electron chi connectivity index (χ3n) is 2.75. The van der Waals surface area contributed by atoms with E-state index in [2.05, 4.69) is 37.0 Å². The molecule has 0 bridgehead atoms. The average Bonchev–Trinajstić information content (AvgIpc) is 2.30. The van der Waals surface area contributed by atoms with E-state index >= 15 is 0 Å². The Morgan fingerprint density at radius 3 is 2.73 bits per heavy atom. The van der Waals surface area contributed by atoms with E-state index in [0.29, 0.717) is 5.92 Å². The van der Waals surface area contributed by atoms with E-state index in [1.165, 1.54) is 11.1 Å². The van der Waals surface area contributed by atoms with Crippen LogP contribution >= 0.6 is 0 Å². The van der Waals surface area contributed by atoms with E-state index in [9.17, 15) is 0 Å². The van der Waals surface area contributed by atoms with Crippen LogP contribution in [0.25, 0.3) is 5.57 Å². The fourth-order valence-electron chi connectivity index (χ4n) is 1.70. The summed E-state index contributed by atoms with van der Waals surface area (Å²) in [7, 11) is 0. The Kier molecular flexibility index (Phi) is 3.17. The van der Waals surface area contributed by atoms with Crippen LogP contribution in [-0.2, 0) is 4.74 Å². The largest absolute Gasteiger partial charge is 0.377 e. The lowest BCUT2D eigenvalue weighted by molar-refractivity contribution is 0.161. The van der Waals surface area contributed by atoms with Gasteiger partial charge in [-0.3, -0.25) is 4.98 Å². The fraction of sp³-hybridized carbons (Fsp3) is 0.462. The maximum atomic E-state index is 5.28. The number of nitrogens with zero attached hydrogens (tertiary/aromatic N) is 1. The summed E-state index contributed by atoms with van der Waals surface area (Å²) in [5.74, 6) is 0.551. The number of pyridine rings is 1. The Morgan fingerprint density at radius 1 is 1.33 bits per heavy atom. The molecule has 2 heterocycles. The number of hydrogen-bond donors (Lipinski definition) is 0. The minimum Gasteiger partial charge on any atom is -0.377 e. The van der Waals surface area contributed by atoms with E-state index in [4.69, 9.17) is 4.74 Å². The summed E-state index contributed by atoms with van der Waals surface area (Å²) in [6.45, 7) is 5.91. The van der Waals surface area contributed by atoms with Crippen LogP contribution in [0.15, 0.2) is 24.4 Å². The highest BCUT2D eigenvalue weighted by atomic mass is 16.5. The molecule has 1 aliphatic heterocycles. The lowest BCUT2D eigenvalue weighted by Gasteiger charge is -2.13. The minimum absolute atomic E-state index is 0.551. The van der Waals surface area contributed by atoms with Gasteiger partial charge in [-0.25, -0.2) is 0 Å². The Hall–Kier alpha value is -1.15. The van der Waals surface area contributed by atoms with Gasteiger partial charge in [-0.2, -0.15) is 0 Å². The fourth-order valence-corrected chi connectivity index (χ4v) is 1.70. The first kappa shape index (κ1) is 10.4. The van der Waals surface area contributed by atoms with Crippen molar-refractivity contribution in [2.45, 2.75) is 26.2 Å². The van der Waals surface area contributed by atoms with Crippen LogP contribution in [0.1, 0.15) is 37.4 Å². The molecule has 0 aliphatic carbocycles. The molecule has 0 atom stereocenters. The quantitative estimate of drug-likeness (QED) is 0.737. The summed E-state index contributed by atoms with van der Waals surface area (Å²) in [5.41, 5.74) is 3.71. The number of rotatable bonds is 2. The van der Waals surface area contributed by atoms with Gasteiger partial charge >= 0.3 is 0 Å². The van der Waals surface area contributed by atoms with Crippen LogP contribution in [0, 0.1) is 0 Å². The number of aromatic nitrogens is 1. The summed E-state index contributed by atoms with van der Waals surface area (Å²) >= 11 is 0. The zero-order chi connectivity index (χ0) is 10.7. The summed E-state index contributed by atoms with van der Waals surface area (Å²) < 4.78 is 5.28. The van der Waals surface area contributed by atoms with Crippen LogP contribution in [0.5, 0.6) is 0 Å². The lowest BCUT2D eigenvalue weighted by Crippen LogP contribution is -2.05. The maximum Gasteiger partial charge on any atom is 0.0660 e. The van der Waals surface area contributed by atoms with E-state index < -0.39 is 0 Å². The molecule has 2 heteroatoms. The summed E-state index contributed by atoms with van der Waals surface area (Å²) in [6.07, 6.45) is 5.09. The van der Waals surface area contributed by atoms with Gasteiger partial charge in [-0.1, -0.05) is 26.0 Å². The topological polar surface area (TPSA) is 22.1 Å². The van der Waals surface area contributed by atoms with Crippen molar-refractivity contribution in [3.8, 4) is 0 Å². The third-order valence-corrected chi connectivity index (χ3v) is 2.75. The van der Waals surface area contributed by atoms with Crippen LogP contribution in [0.4, 0.5) is 0 Å². The van der Waals surface area contributed by atoms with Crippen LogP contribution in [0.2, 0.25) is 0 Å². The van der Waals surface area contributed by atoms with Gasteiger partial charge in [0.05, 0.1) is 18.9 Å². The molecule has 0 N–H and O–H groups in total. The van der Waals surface area contributed by atoms with Gasteiger partial charge in [0.2, 0.25) is 0 Å². The van der Waals surface area contributed by atoms with Crippen molar-refractivity contribution >= 4 is 5.57 Å². The van der Waals surface area contributed by atoms with Crippen molar-refractivity contribution in [1.29, 1.82) is 0 Å². The second-order valence-electron chi connectivity index (χ2n) is 4.19. The molecule has 0 spiro atoms. The van der Waals surface area contributed by atoms with Crippen molar-refractivity contribution in [3.05, 3.63) is 35.7 Å². The van der Waals surface area contributed by atoms with E-state index in [-0.39, 0.29) is 0 Å². The highest BCUT2D eigenvalue weighted by molar-refractivity contribution is 5.63. The molecule has 1 aliphatic rings. The van der Waals surface area contributed by atoms with Gasteiger partial charge in [0, 0.05) is 6.20 Å². The second kappa shape index (κ2) is 4.58. The zero-order valence-corrected chi connectivity index (χ0v) is 9.36. The summed E-state index contributed by atoms with van der Waals surface area (Å²) in [4.78, 5) is 4.50. The van der Waals surface area contributed by atoms with Crippen LogP contribution < -0.4 is 0 Å². The SMILES string of the molecule is CC(C)c1ccc(C2=CCOCC2)nc1. The van der Waals surface area contributed by atoms with Gasteiger partial charge in [0.1, 0.15) is 0 Å². The van der Waals surface area contributed by atoms with Gasteiger partial charge < -0.3 is 4.74 Å². The molecular formula is C13H17NO. The molecule has 2 nitrogen and oxygen atoms in total. The van der Waals surface area contributed by atoms with Crippen molar-refractivity contribution < 1.29 is 4.74 Å². The molecule has 80 valence electrons. The van der Waals surface area contributed by atoms with Gasteiger partial charge in [-0.15, -0.1) is 0 Å². The molecule has 0 saturated heterocycles. The summed E-state index contributed by atoms with van der Waals surface area (Å²) in [5, 5.41) is 0. The molecular weight excluding hydrogens is 186 g/mol. The Morgan fingerprint density at radius 2 is 2.20 bits per heavy atom. The molecule has 1 aromatic rings. The third kappa shape index (κ3) is 2.45. The van der Waals surface area contributed by atoms with Crippen molar-refractivity contribution in [3.63, 3.8) is 0 Å². The molecule has 1 aromatic heterocycles. The molecule has 0 aromatic carbocycles. The van der Waals surface area contributed by atoms with Crippen molar-refractivity contribution in [2.24, 2.45) is 0 Å². The smallest absolute Gasteiger partial charge is 0.0660 e. The van der Waals surface area contributed by atoms with Crippen LogP contribution in [-0.4, -0.2) is 18.2 Å². The lowest BCUT2D eigenvalue weighted by atomic mass is 10.0. The van der Waals surface area contributed by atoms with Gasteiger partial charge in [-0.05, 0) is 29.5 Å². The molecule has 2 rings (SSSR count). The Balaban J connectivity index is 2.19.